The number of allylic oxidation sites excluding steroid dienone is 1. The van der Waals surface area contributed by atoms with E-state index in [4.69, 9.17) is 0 Å². The Morgan fingerprint density at radius 1 is 1.10 bits per heavy atom. The predicted octanol–water partition coefficient (Wildman–Crippen LogP) is 4.55. The van der Waals surface area contributed by atoms with Crippen LogP contribution in [0.4, 0.5) is 0 Å². The summed E-state index contributed by atoms with van der Waals surface area (Å²) < 4.78 is 2.09. The lowest BCUT2D eigenvalue weighted by atomic mass is 10.0. The fourth-order valence-corrected chi connectivity index (χ4v) is 2.56. The van der Waals surface area contributed by atoms with Crippen LogP contribution < -0.4 is 0 Å². The Labute approximate surface area is 124 Å². The maximum absolute atomic E-state index is 9.46. The van der Waals surface area contributed by atoms with Gasteiger partial charge in [0.25, 0.3) is 0 Å². The number of hydrogen-bond donors (Lipinski definition) is 0. The summed E-state index contributed by atoms with van der Waals surface area (Å²) in [5, 5.41) is 10.6. The Morgan fingerprint density at radius 2 is 1.81 bits per heavy atom. The van der Waals surface area contributed by atoms with Gasteiger partial charge in [-0.2, -0.15) is 5.26 Å². The van der Waals surface area contributed by atoms with Crippen molar-refractivity contribution in [1.82, 2.24) is 4.57 Å². The summed E-state index contributed by atoms with van der Waals surface area (Å²) in [4.78, 5) is 0. The van der Waals surface area contributed by atoms with Gasteiger partial charge in [-0.15, -0.1) is 0 Å². The summed E-state index contributed by atoms with van der Waals surface area (Å²) in [6.07, 6.45) is 4.03. The van der Waals surface area contributed by atoms with E-state index in [1.54, 1.807) is 0 Å². The zero-order valence-corrected chi connectivity index (χ0v) is 12.2. The summed E-state index contributed by atoms with van der Waals surface area (Å²) in [6.45, 7) is 2.05. The molecule has 2 heteroatoms. The number of fused-ring (bicyclic) bond motifs is 1. The van der Waals surface area contributed by atoms with Gasteiger partial charge in [0.2, 0.25) is 0 Å². The average molecular weight is 272 g/mol. The zero-order chi connectivity index (χ0) is 14.8. The molecule has 2 aromatic carbocycles. The second-order valence-corrected chi connectivity index (χ2v) is 5.25. The summed E-state index contributed by atoms with van der Waals surface area (Å²) >= 11 is 0. The van der Waals surface area contributed by atoms with Gasteiger partial charge >= 0.3 is 0 Å². The molecule has 0 atom stereocenters. The Hall–Kier alpha value is -2.79. The largest absolute Gasteiger partial charge is 0.350 e. The monoisotopic (exact) mass is 272 g/mol. The van der Waals surface area contributed by atoms with Crippen molar-refractivity contribution in [3.05, 3.63) is 71.4 Å². The molecule has 21 heavy (non-hydrogen) atoms. The molecule has 0 spiro atoms. The predicted molar refractivity (Wildman–Crippen MR) is 87.6 cm³/mol. The smallest absolute Gasteiger partial charge is 0.0998 e. The third-order valence-corrected chi connectivity index (χ3v) is 3.71. The van der Waals surface area contributed by atoms with Gasteiger partial charge in [-0.25, -0.2) is 0 Å². The highest BCUT2D eigenvalue weighted by atomic mass is 14.9. The highest BCUT2D eigenvalue weighted by Gasteiger charge is 2.06. The molecule has 0 aliphatic rings. The van der Waals surface area contributed by atoms with Gasteiger partial charge in [-0.1, -0.05) is 48.0 Å². The van der Waals surface area contributed by atoms with Crippen molar-refractivity contribution in [2.45, 2.75) is 6.92 Å². The van der Waals surface area contributed by atoms with Gasteiger partial charge in [0.15, 0.2) is 0 Å². The molecular weight excluding hydrogens is 256 g/mol. The molecule has 0 aliphatic carbocycles. The first-order valence-corrected chi connectivity index (χ1v) is 6.92. The number of rotatable bonds is 2. The third kappa shape index (κ3) is 2.46. The molecule has 1 heterocycles. The first-order chi connectivity index (χ1) is 10.2. The molecule has 1 aromatic heterocycles. The van der Waals surface area contributed by atoms with Crippen molar-refractivity contribution in [2.75, 3.05) is 0 Å². The lowest BCUT2D eigenvalue weighted by molar-refractivity contribution is 0.968. The van der Waals surface area contributed by atoms with Crippen LogP contribution in [0.3, 0.4) is 0 Å². The molecule has 0 bridgehead atoms. The van der Waals surface area contributed by atoms with Crippen LogP contribution in [0.2, 0.25) is 0 Å². The molecule has 0 fully saturated rings. The Bertz CT molecular complexity index is 859. The fourth-order valence-electron chi connectivity index (χ4n) is 2.56. The molecule has 0 aliphatic heterocycles. The van der Waals surface area contributed by atoms with E-state index in [-0.39, 0.29) is 0 Å². The van der Waals surface area contributed by atoms with Crippen LogP contribution in [0.1, 0.15) is 16.7 Å². The van der Waals surface area contributed by atoms with E-state index < -0.39 is 0 Å². The van der Waals surface area contributed by atoms with Crippen LogP contribution in [0.15, 0.2) is 54.7 Å². The number of hydrogen-bond acceptors (Lipinski definition) is 1. The number of nitriles is 1. The molecule has 0 radical (unpaired) electrons. The van der Waals surface area contributed by atoms with Gasteiger partial charge < -0.3 is 4.57 Å². The van der Waals surface area contributed by atoms with Crippen molar-refractivity contribution >= 4 is 22.6 Å². The highest BCUT2D eigenvalue weighted by Crippen LogP contribution is 2.25. The minimum absolute atomic E-state index is 0.686. The Kier molecular flexibility index (Phi) is 3.33. The van der Waals surface area contributed by atoms with E-state index in [1.807, 2.05) is 56.4 Å². The van der Waals surface area contributed by atoms with Crippen LogP contribution in [-0.2, 0) is 7.05 Å². The number of para-hydroxylation sites is 1. The number of benzene rings is 2. The lowest BCUT2D eigenvalue weighted by Crippen LogP contribution is -1.83. The van der Waals surface area contributed by atoms with Crippen molar-refractivity contribution in [1.29, 1.82) is 5.26 Å². The lowest BCUT2D eigenvalue weighted by Gasteiger charge is -2.00. The second kappa shape index (κ2) is 5.30. The molecule has 3 rings (SSSR count). The number of aromatic nitrogens is 1. The van der Waals surface area contributed by atoms with Gasteiger partial charge in [0.05, 0.1) is 11.6 Å². The van der Waals surface area contributed by atoms with E-state index in [2.05, 4.69) is 29.0 Å². The summed E-state index contributed by atoms with van der Waals surface area (Å²) in [6, 6.07) is 18.6. The summed E-state index contributed by atoms with van der Waals surface area (Å²) in [5.41, 5.74) is 5.08. The van der Waals surface area contributed by atoms with Crippen molar-refractivity contribution in [2.24, 2.45) is 7.05 Å². The van der Waals surface area contributed by atoms with Crippen LogP contribution in [-0.4, -0.2) is 4.57 Å². The molecule has 0 saturated heterocycles. The quantitative estimate of drug-likeness (QED) is 0.629. The van der Waals surface area contributed by atoms with Crippen molar-refractivity contribution in [3.8, 4) is 6.07 Å². The topological polar surface area (TPSA) is 28.7 Å². The summed E-state index contributed by atoms with van der Waals surface area (Å²) in [5.74, 6) is 0. The Morgan fingerprint density at radius 3 is 2.52 bits per heavy atom. The molecule has 102 valence electrons. The maximum Gasteiger partial charge on any atom is 0.0998 e. The SMILES string of the molecule is Cc1ccc(/C(C#N)=C/c2cn(C)c3ccccc23)cc1. The first-order valence-electron chi connectivity index (χ1n) is 6.92. The van der Waals surface area contributed by atoms with E-state index >= 15 is 0 Å². The van der Waals surface area contributed by atoms with Crippen LogP contribution in [0.25, 0.3) is 22.6 Å². The van der Waals surface area contributed by atoms with Gasteiger partial charge in [-0.05, 0) is 24.6 Å². The van der Waals surface area contributed by atoms with Crippen LogP contribution in [0, 0.1) is 18.3 Å². The molecule has 0 unspecified atom stereocenters. The fraction of sp³-hybridized carbons (Fsp3) is 0.105. The highest BCUT2D eigenvalue weighted by molar-refractivity contribution is 5.98. The van der Waals surface area contributed by atoms with Gasteiger partial charge in [-0.3, -0.25) is 0 Å². The first kappa shape index (κ1) is 13.2. The van der Waals surface area contributed by atoms with Gasteiger partial charge in [0.1, 0.15) is 0 Å². The average Bonchev–Trinajstić information content (AvgIpc) is 2.83. The molecule has 3 aromatic rings. The third-order valence-electron chi connectivity index (χ3n) is 3.71. The van der Waals surface area contributed by atoms with E-state index in [9.17, 15) is 5.26 Å². The van der Waals surface area contributed by atoms with E-state index in [0.29, 0.717) is 5.57 Å². The minimum Gasteiger partial charge on any atom is -0.350 e. The summed E-state index contributed by atoms with van der Waals surface area (Å²) in [7, 11) is 2.03. The standard InChI is InChI=1S/C19H16N2/c1-14-7-9-15(10-8-14)16(12-20)11-17-13-21(2)19-6-4-3-5-18(17)19/h3-11,13H,1-2H3/b16-11+. The molecule has 0 saturated carbocycles. The second-order valence-electron chi connectivity index (χ2n) is 5.25. The normalized spacial score (nSPS) is 11.6. The molecule has 0 amide bonds. The number of aryl methyl sites for hydroxylation is 2. The van der Waals surface area contributed by atoms with Crippen molar-refractivity contribution < 1.29 is 0 Å². The zero-order valence-electron chi connectivity index (χ0n) is 12.2. The molecular formula is C19H16N2. The van der Waals surface area contributed by atoms with Crippen molar-refractivity contribution in [3.63, 3.8) is 0 Å². The molecule has 0 N–H and O–H groups in total. The molecule has 2 nitrogen and oxygen atoms in total. The number of nitrogens with zero attached hydrogens (tertiary/aromatic N) is 2. The van der Waals surface area contributed by atoms with Gasteiger partial charge in [0, 0.05) is 29.7 Å². The van der Waals surface area contributed by atoms with Crippen LogP contribution >= 0.6 is 0 Å². The van der Waals surface area contributed by atoms with E-state index in [0.717, 1.165) is 11.1 Å². The maximum atomic E-state index is 9.46. The Balaban J connectivity index is 2.13. The minimum atomic E-state index is 0.686. The van der Waals surface area contributed by atoms with E-state index in [1.165, 1.54) is 16.5 Å². The van der Waals surface area contributed by atoms with Crippen LogP contribution in [0.5, 0.6) is 0 Å².